The van der Waals surface area contributed by atoms with Gasteiger partial charge in [0, 0.05) is 31.1 Å². The van der Waals surface area contributed by atoms with Gasteiger partial charge in [-0.1, -0.05) is 0 Å². The van der Waals surface area contributed by atoms with Gasteiger partial charge in [0.25, 0.3) is 0 Å². The third-order valence-electron chi connectivity index (χ3n) is 5.13. The van der Waals surface area contributed by atoms with Gasteiger partial charge >= 0.3 is 0 Å². The van der Waals surface area contributed by atoms with Gasteiger partial charge in [-0.3, -0.25) is 9.59 Å². The minimum Gasteiger partial charge on any atom is -0.497 e. The smallest absolute Gasteiger partial charge is 0.242 e. The van der Waals surface area contributed by atoms with E-state index in [9.17, 15) is 9.59 Å². The summed E-state index contributed by atoms with van der Waals surface area (Å²) in [6.07, 6.45) is 1.30. The number of benzene rings is 1. The van der Waals surface area contributed by atoms with Crippen LogP contribution >= 0.6 is 12.4 Å². The monoisotopic (exact) mass is 382 g/mol. The van der Waals surface area contributed by atoms with E-state index in [2.05, 4.69) is 5.32 Å². The summed E-state index contributed by atoms with van der Waals surface area (Å²) in [4.78, 5) is 27.2. The lowest BCUT2D eigenvalue weighted by Gasteiger charge is -2.37. The maximum absolute atomic E-state index is 12.7. The van der Waals surface area contributed by atoms with Crippen LogP contribution in [0.1, 0.15) is 30.1 Å². The fourth-order valence-corrected chi connectivity index (χ4v) is 3.56. The van der Waals surface area contributed by atoms with E-state index < -0.39 is 0 Å². The quantitative estimate of drug-likeness (QED) is 0.806. The zero-order valence-electron chi connectivity index (χ0n) is 15.3. The average molecular weight is 383 g/mol. The molecule has 0 aromatic heterocycles. The topological polar surface area (TPSA) is 67.9 Å². The number of hydrogen-bond donors (Lipinski definition) is 1. The van der Waals surface area contributed by atoms with Crippen LogP contribution in [0.3, 0.4) is 0 Å². The molecule has 1 aromatic carbocycles. The molecule has 0 radical (unpaired) electrons. The van der Waals surface area contributed by atoms with Gasteiger partial charge in [0.15, 0.2) is 5.78 Å². The van der Waals surface area contributed by atoms with Crippen LogP contribution < -0.4 is 10.1 Å². The van der Waals surface area contributed by atoms with Gasteiger partial charge in [-0.2, -0.15) is 0 Å². The van der Waals surface area contributed by atoms with E-state index in [-0.39, 0.29) is 42.2 Å². The zero-order chi connectivity index (χ0) is 17.8. The predicted molar refractivity (Wildman–Crippen MR) is 101 cm³/mol. The Morgan fingerprint density at radius 3 is 2.42 bits per heavy atom. The van der Waals surface area contributed by atoms with Crippen LogP contribution in [0.2, 0.25) is 0 Å². The van der Waals surface area contributed by atoms with Gasteiger partial charge in [0.05, 0.1) is 19.8 Å². The van der Waals surface area contributed by atoms with Crippen LogP contribution in [0.4, 0.5) is 0 Å². The molecule has 1 aromatic rings. The third-order valence-corrected chi connectivity index (χ3v) is 5.13. The predicted octanol–water partition coefficient (Wildman–Crippen LogP) is 1.92. The summed E-state index contributed by atoms with van der Waals surface area (Å²) in [6, 6.07) is 6.96. The van der Waals surface area contributed by atoms with E-state index in [0.29, 0.717) is 44.6 Å². The highest BCUT2D eigenvalue weighted by Crippen LogP contribution is 2.24. The summed E-state index contributed by atoms with van der Waals surface area (Å²) in [6.45, 7) is 4.51. The number of hydrogen-bond acceptors (Lipinski definition) is 5. The molecule has 1 amide bonds. The highest BCUT2D eigenvalue weighted by molar-refractivity contribution is 5.98. The lowest BCUT2D eigenvalue weighted by molar-refractivity contribution is -0.140. The maximum atomic E-state index is 12.7. The van der Waals surface area contributed by atoms with Gasteiger partial charge in [0.1, 0.15) is 11.8 Å². The highest BCUT2D eigenvalue weighted by Gasteiger charge is 2.34. The average Bonchev–Trinajstić information content (AvgIpc) is 2.67. The van der Waals surface area contributed by atoms with Crippen molar-refractivity contribution in [2.24, 2.45) is 5.92 Å². The molecule has 0 unspecified atom stereocenters. The lowest BCUT2D eigenvalue weighted by Crippen LogP contribution is -2.57. The Morgan fingerprint density at radius 2 is 1.85 bits per heavy atom. The van der Waals surface area contributed by atoms with Crippen LogP contribution in [0.5, 0.6) is 5.75 Å². The largest absolute Gasteiger partial charge is 0.497 e. The summed E-state index contributed by atoms with van der Waals surface area (Å²) in [5.74, 6) is 0.962. The summed E-state index contributed by atoms with van der Waals surface area (Å²) in [7, 11) is 1.61. The Bertz CT molecular complexity index is 614. The molecule has 6 nitrogen and oxygen atoms in total. The second-order valence-corrected chi connectivity index (χ2v) is 6.70. The molecule has 1 N–H and O–H groups in total. The van der Waals surface area contributed by atoms with Crippen molar-refractivity contribution in [2.75, 3.05) is 33.4 Å². The van der Waals surface area contributed by atoms with Crippen LogP contribution in [-0.4, -0.2) is 62.1 Å². The Kier molecular flexibility index (Phi) is 7.43. The summed E-state index contributed by atoms with van der Waals surface area (Å²) < 4.78 is 10.7. The number of methoxy groups -OCH3 is 1. The van der Waals surface area contributed by atoms with E-state index in [0.717, 1.165) is 5.75 Å². The first kappa shape index (κ1) is 20.7. The fourth-order valence-electron chi connectivity index (χ4n) is 3.56. The molecule has 0 bridgehead atoms. The zero-order valence-corrected chi connectivity index (χ0v) is 16.1. The molecule has 2 saturated heterocycles. The van der Waals surface area contributed by atoms with Crippen LogP contribution in [0.15, 0.2) is 24.3 Å². The van der Waals surface area contributed by atoms with Crippen molar-refractivity contribution < 1.29 is 19.1 Å². The number of likely N-dealkylation sites (tertiary alicyclic amines) is 1. The SMILES string of the molecule is COc1ccc(C(=O)C2CCN(C(=O)[C@H]3NCCO[C@@H]3C)CC2)cc1.Cl. The molecule has 0 aliphatic carbocycles. The van der Waals surface area contributed by atoms with Crippen molar-refractivity contribution in [3.05, 3.63) is 29.8 Å². The minimum absolute atomic E-state index is 0. The highest BCUT2D eigenvalue weighted by atomic mass is 35.5. The first-order valence-corrected chi connectivity index (χ1v) is 8.92. The van der Waals surface area contributed by atoms with E-state index >= 15 is 0 Å². The summed E-state index contributed by atoms with van der Waals surface area (Å²) in [5.41, 5.74) is 0.710. The van der Waals surface area contributed by atoms with E-state index in [1.165, 1.54) is 0 Å². The Balaban J connectivity index is 0.00000243. The summed E-state index contributed by atoms with van der Waals surface area (Å²) >= 11 is 0. The molecule has 144 valence electrons. The number of nitrogens with zero attached hydrogens (tertiary/aromatic N) is 1. The number of carbonyl (C=O) groups excluding carboxylic acids is 2. The number of Topliss-reactive ketones (excluding diaryl/α,β-unsaturated/α-hetero) is 1. The van der Waals surface area contributed by atoms with Gasteiger partial charge < -0.3 is 19.7 Å². The number of morpholine rings is 1. The summed E-state index contributed by atoms with van der Waals surface area (Å²) in [5, 5.41) is 3.24. The molecule has 7 heteroatoms. The molecule has 2 aliphatic heterocycles. The number of ether oxygens (including phenoxy) is 2. The van der Waals surface area contributed by atoms with Crippen molar-refractivity contribution >= 4 is 24.1 Å². The van der Waals surface area contributed by atoms with Gasteiger partial charge in [-0.05, 0) is 44.0 Å². The molecule has 0 spiro atoms. The van der Waals surface area contributed by atoms with Crippen LogP contribution in [0.25, 0.3) is 0 Å². The second kappa shape index (κ2) is 9.35. The molecular weight excluding hydrogens is 356 g/mol. The number of amides is 1. The molecular formula is C19H27ClN2O4. The Morgan fingerprint density at radius 1 is 1.19 bits per heavy atom. The molecule has 3 rings (SSSR count). The first-order chi connectivity index (χ1) is 12.1. The molecule has 2 atom stereocenters. The van der Waals surface area contributed by atoms with Crippen LogP contribution in [0, 0.1) is 5.92 Å². The number of ketones is 1. The molecule has 26 heavy (non-hydrogen) atoms. The number of halogens is 1. The standard InChI is InChI=1S/C19H26N2O4.ClH/c1-13-17(20-9-12-25-13)19(23)21-10-7-15(8-11-21)18(22)14-3-5-16(24-2)6-4-14;/h3-6,13,15,17,20H,7-12H2,1-2H3;1H/t13-,17+;/m1./s1. The van der Waals surface area contributed by atoms with Gasteiger partial charge in [-0.25, -0.2) is 0 Å². The van der Waals surface area contributed by atoms with Crippen molar-refractivity contribution in [1.82, 2.24) is 10.2 Å². The fraction of sp³-hybridized carbons (Fsp3) is 0.579. The third kappa shape index (κ3) is 4.55. The maximum Gasteiger partial charge on any atom is 0.242 e. The van der Waals surface area contributed by atoms with Gasteiger partial charge in [0.2, 0.25) is 5.91 Å². The Hall–Kier alpha value is -1.63. The van der Waals surface area contributed by atoms with Crippen molar-refractivity contribution in [1.29, 1.82) is 0 Å². The van der Waals surface area contributed by atoms with E-state index in [4.69, 9.17) is 9.47 Å². The number of nitrogens with one attached hydrogen (secondary N) is 1. The minimum atomic E-state index is -0.275. The van der Waals surface area contributed by atoms with Crippen molar-refractivity contribution in [3.8, 4) is 5.75 Å². The van der Waals surface area contributed by atoms with Gasteiger partial charge in [-0.15, -0.1) is 12.4 Å². The Labute approximate surface area is 160 Å². The molecule has 2 fully saturated rings. The van der Waals surface area contributed by atoms with Crippen LogP contribution in [-0.2, 0) is 9.53 Å². The second-order valence-electron chi connectivity index (χ2n) is 6.70. The van der Waals surface area contributed by atoms with E-state index in [1.54, 1.807) is 7.11 Å². The number of rotatable bonds is 4. The number of piperidine rings is 1. The van der Waals surface area contributed by atoms with E-state index in [1.807, 2.05) is 36.1 Å². The number of carbonyl (C=O) groups is 2. The lowest BCUT2D eigenvalue weighted by atomic mass is 9.88. The molecule has 2 heterocycles. The van der Waals surface area contributed by atoms with Crippen molar-refractivity contribution in [3.63, 3.8) is 0 Å². The molecule has 0 saturated carbocycles. The molecule has 2 aliphatic rings. The first-order valence-electron chi connectivity index (χ1n) is 8.92. The normalized spacial score (nSPS) is 23.8. The van der Waals surface area contributed by atoms with Crippen molar-refractivity contribution in [2.45, 2.75) is 31.9 Å².